The molecule has 6 heteroatoms. The van der Waals surface area contributed by atoms with Gasteiger partial charge in [-0.1, -0.05) is 48.0 Å². The highest BCUT2D eigenvalue weighted by atomic mass is 32.2. The Hall–Kier alpha value is -2.57. The van der Waals surface area contributed by atoms with Gasteiger partial charge in [0.05, 0.1) is 23.2 Å². The molecule has 2 aromatic carbocycles. The number of hydrogen-bond acceptors (Lipinski definition) is 4. The summed E-state index contributed by atoms with van der Waals surface area (Å²) in [4.78, 5) is 12.3. The van der Waals surface area contributed by atoms with Crippen molar-refractivity contribution in [3.8, 4) is 5.69 Å². The van der Waals surface area contributed by atoms with E-state index in [0.29, 0.717) is 11.6 Å². The number of nitrogens with one attached hydrogen (secondary N) is 1. The van der Waals surface area contributed by atoms with Crippen LogP contribution >= 0.6 is 11.8 Å². The lowest BCUT2D eigenvalue weighted by Crippen LogP contribution is -2.17. The van der Waals surface area contributed by atoms with Crippen LogP contribution in [0.4, 0.5) is 5.82 Å². The molecule has 3 rings (SSSR count). The van der Waals surface area contributed by atoms with Crippen molar-refractivity contribution < 1.29 is 9.90 Å². The van der Waals surface area contributed by atoms with Crippen LogP contribution in [0, 0.1) is 13.8 Å². The van der Waals surface area contributed by atoms with Crippen LogP contribution < -0.4 is 5.32 Å². The second-order valence-corrected chi connectivity index (χ2v) is 7.44. The molecule has 3 aromatic rings. The lowest BCUT2D eigenvalue weighted by atomic mass is 10.1. The van der Waals surface area contributed by atoms with Gasteiger partial charge in [0.25, 0.3) is 0 Å². The van der Waals surface area contributed by atoms with Gasteiger partial charge >= 0.3 is 0 Å². The van der Waals surface area contributed by atoms with Crippen molar-refractivity contribution in [1.29, 1.82) is 0 Å². The number of thioether (sulfide) groups is 1. The summed E-state index contributed by atoms with van der Waals surface area (Å²) in [6, 6.07) is 19.3. The van der Waals surface area contributed by atoms with Gasteiger partial charge in [0, 0.05) is 11.8 Å². The third-order valence-corrected chi connectivity index (χ3v) is 5.09. The summed E-state index contributed by atoms with van der Waals surface area (Å²) in [6.45, 7) is 3.92. The Labute approximate surface area is 163 Å². The molecule has 1 aromatic heterocycles. The van der Waals surface area contributed by atoms with E-state index < -0.39 is 6.10 Å². The molecule has 0 aliphatic carbocycles. The topological polar surface area (TPSA) is 67.2 Å². The summed E-state index contributed by atoms with van der Waals surface area (Å²) in [5.74, 6) is 1.26. The van der Waals surface area contributed by atoms with Crippen molar-refractivity contribution in [2.24, 2.45) is 0 Å². The fourth-order valence-electron chi connectivity index (χ4n) is 2.68. The molecule has 140 valence electrons. The first kappa shape index (κ1) is 19.2. The Balaban J connectivity index is 1.57. The zero-order valence-corrected chi connectivity index (χ0v) is 16.2. The average Bonchev–Trinajstić information content (AvgIpc) is 3.03. The number of rotatable bonds is 7. The first-order valence-electron chi connectivity index (χ1n) is 8.77. The number of nitrogens with zero attached hydrogens (tertiary/aromatic N) is 2. The molecule has 5 nitrogen and oxygen atoms in total. The number of aryl methyl sites for hydroxylation is 2. The van der Waals surface area contributed by atoms with E-state index in [1.807, 2.05) is 74.5 Å². The minimum Gasteiger partial charge on any atom is -0.388 e. The Morgan fingerprint density at radius 1 is 1.15 bits per heavy atom. The first-order chi connectivity index (χ1) is 13.0. The van der Waals surface area contributed by atoms with Crippen molar-refractivity contribution in [3.63, 3.8) is 0 Å². The molecule has 0 aliphatic rings. The number of anilines is 1. The highest BCUT2D eigenvalue weighted by molar-refractivity contribution is 7.99. The van der Waals surface area contributed by atoms with Crippen LogP contribution in [0.25, 0.3) is 5.69 Å². The van der Waals surface area contributed by atoms with Crippen molar-refractivity contribution in [1.82, 2.24) is 9.78 Å². The number of amides is 1. The van der Waals surface area contributed by atoms with Crippen LogP contribution in [0.5, 0.6) is 0 Å². The highest BCUT2D eigenvalue weighted by Gasteiger charge is 2.13. The van der Waals surface area contributed by atoms with Gasteiger partial charge in [0.1, 0.15) is 5.82 Å². The number of carbonyl (C=O) groups excluding carboxylic acids is 1. The second kappa shape index (κ2) is 8.88. The molecule has 1 heterocycles. The van der Waals surface area contributed by atoms with Crippen LogP contribution in [-0.2, 0) is 4.79 Å². The lowest BCUT2D eigenvalue weighted by Gasteiger charge is -2.11. The van der Waals surface area contributed by atoms with Gasteiger partial charge in [-0.25, -0.2) is 4.68 Å². The molecule has 1 unspecified atom stereocenters. The van der Waals surface area contributed by atoms with Crippen LogP contribution in [-0.4, -0.2) is 32.3 Å². The van der Waals surface area contributed by atoms with E-state index in [0.717, 1.165) is 16.9 Å². The Morgan fingerprint density at radius 3 is 2.56 bits per heavy atom. The van der Waals surface area contributed by atoms with Gasteiger partial charge in [-0.2, -0.15) is 5.10 Å². The minimum atomic E-state index is -0.579. The predicted molar refractivity (Wildman–Crippen MR) is 110 cm³/mol. The number of aliphatic hydroxyl groups excluding tert-OH is 1. The van der Waals surface area contributed by atoms with Crippen molar-refractivity contribution >= 4 is 23.5 Å². The first-order valence-corrected chi connectivity index (χ1v) is 9.93. The fourth-order valence-corrected chi connectivity index (χ4v) is 3.48. The van der Waals surface area contributed by atoms with Crippen molar-refractivity contribution in [2.45, 2.75) is 20.0 Å². The standard InChI is InChI=1S/C21H23N3O2S/c1-15-8-10-18(11-9-15)24-20(12-16(2)23-24)22-21(26)14-27-13-19(25)17-6-4-3-5-7-17/h3-12,19,25H,13-14H2,1-2H3,(H,22,26). The van der Waals surface area contributed by atoms with E-state index in [9.17, 15) is 9.90 Å². The van der Waals surface area contributed by atoms with E-state index in [1.54, 1.807) is 4.68 Å². The van der Waals surface area contributed by atoms with Crippen LogP contribution in [0.15, 0.2) is 60.7 Å². The quantitative estimate of drug-likeness (QED) is 0.651. The third-order valence-electron chi connectivity index (χ3n) is 4.07. The average molecular weight is 382 g/mol. The molecule has 1 atom stereocenters. The molecule has 0 radical (unpaired) electrons. The molecule has 0 saturated carbocycles. The van der Waals surface area contributed by atoms with E-state index in [1.165, 1.54) is 17.3 Å². The number of benzene rings is 2. The summed E-state index contributed by atoms with van der Waals surface area (Å²) in [6.07, 6.45) is -0.579. The maximum Gasteiger partial charge on any atom is 0.235 e. The predicted octanol–water partition coefficient (Wildman–Crippen LogP) is 3.89. The summed E-state index contributed by atoms with van der Waals surface area (Å²) >= 11 is 1.40. The zero-order chi connectivity index (χ0) is 19.2. The fraction of sp³-hybridized carbons (Fsp3) is 0.238. The number of aliphatic hydroxyl groups is 1. The number of carbonyl (C=O) groups is 1. The molecular weight excluding hydrogens is 358 g/mol. The summed E-state index contributed by atoms with van der Waals surface area (Å²) in [5.41, 5.74) is 3.76. The second-order valence-electron chi connectivity index (χ2n) is 6.41. The third kappa shape index (κ3) is 5.21. The summed E-state index contributed by atoms with van der Waals surface area (Å²) in [7, 11) is 0. The minimum absolute atomic E-state index is 0.117. The van der Waals surface area contributed by atoms with Crippen molar-refractivity contribution in [2.75, 3.05) is 16.8 Å². The van der Waals surface area contributed by atoms with Crippen LogP contribution in [0.3, 0.4) is 0 Å². The Morgan fingerprint density at radius 2 is 1.85 bits per heavy atom. The maximum atomic E-state index is 12.3. The lowest BCUT2D eigenvalue weighted by molar-refractivity contribution is -0.113. The highest BCUT2D eigenvalue weighted by Crippen LogP contribution is 2.20. The van der Waals surface area contributed by atoms with Gasteiger partial charge in [0.15, 0.2) is 0 Å². The van der Waals surface area contributed by atoms with Gasteiger partial charge < -0.3 is 10.4 Å². The molecule has 0 aliphatic heterocycles. The molecule has 27 heavy (non-hydrogen) atoms. The summed E-state index contributed by atoms with van der Waals surface area (Å²) < 4.78 is 1.73. The van der Waals surface area contributed by atoms with Gasteiger partial charge in [-0.15, -0.1) is 11.8 Å². The monoisotopic (exact) mass is 381 g/mol. The molecular formula is C21H23N3O2S. The summed E-state index contributed by atoms with van der Waals surface area (Å²) in [5, 5.41) is 17.6. The van der Waals surface area contributed by atoms with E-state index in [2.05, 4.69) is 10.4 Å². The molecule has 0 bridgehead atoms. The molecule has 0 spiro atoms. The van der Waals surface area contributed by atoms with Crippen molar-refractivity contribution in [3.05, 3.63) is 77.5 Å². The maximum absolute atomic E-state index is 12.3. The zero-order valence-electron chi connectivity index (χ0n) is 15.4. The van der Waals surface area contributed by atoms with E-state index in [-0.39, 0.29) is 11.7 Å². The van der Waals surface area contributed by atoms with E-state index in [4.69, 9.17) is 0 Å². The van der Waals surface area contributed by atoms with Gasteiger partial charge in [0.2, 0.25) is 5.91 Å². The van der Waals surface area contributed by atoms with Crippen LogP contribution in [0.2, 0.25) is 0 Å². The Bertz CT molecular complexity index is 892. The van der Waals surface area contributed by atoms with E-state index >= 15 is 0 Å². The van der Waals surface area contributed by atoms with Crippen LogP contribution in [0.1, 0.15) is 22.9 Å². The molecule has 0 fully saturated rings. The van der Waals surface area contributed by atoms with Gasteiger partial charge in [-0.05, 0) is 31.5 Å². The number of aromatic nitrogens is 2. The molecule has 0 saturated heterocycles. The number of hydrogen-bond donors (Lipinski definition) is 2. The smallest absolute Gasteiger partial charge is 0.235 e. The normalized spacial score (nSPS) is 12.0. The molecule has 2 N–H and O–H groups in total. The SMILES string of the molecule is Cc1ccc(-n2nc(C)cc2NC(=O)CSCC(O)c2ccccc2)cc1. The molecule has 1 amide bonds. The largest absolute Gasteiger partial charge is 0.388 e. The Kier molecular flexibility index (Phi) is 6.32. The van der Waals surface area contributed by atoms with Gasteiger partial charge in [-0.3, -0.25) is 4.79 Å².